The molecule has 2 rings (SSSR count). The van der Waals surface area contributed by atoms with Crippen molar-refractivity contribution in [1.29, 1.82) is 0 Å². The number of hydrogen-bond donors (Lipinski definition) is 1. The molecule has 0 amide bonds. The molecule has 16 heavy (non-hydrogen) atoms. The van der Waals surface area contributed by atoms with Crippen LogP contribution in [0.15, 0.2) is 30.2 Å². The predicted molar refractivity (Wildman–Crippen MR) is 73.8 cm³/mol. The first-order chi connectivity index (χ1) is 7.61. The van der Waals surface area contributed by atoms with Gasteiger partial charge in [-0.05, 0) is 50.1 Å². The smallest absolute Gasteiger partial charge is 0.125 e. The molecule has 0 radical (unpaired) electrons. The lowest BCUT2D eigenvalue weighted by Crippen LogP contribution is -2.10. The highest BCUT2D eigenvalue weighted by Crippen LogP contribution is 2.37. The Morgan fingerprint density at radius 2 is 2.19 bits per heavy atom. The summed E-state index contributed by atoms with van der Waals surface area (Å²) in [6.45, 7) is 2.06. The van der Waals surface area contributed by atoms with Crippen molar-refractivity contribution in [2.24, 2.45) is 5.73 Å². The van der Waals surface area contributed by atoms with E-state index in [1.54, 1.807) is 11.3 Å². The fraction of sp³-hybridized carbons (Fsp3) is 0.273. The summed E-state index contributed by atoms with van der Waals surface area (Å²) in [5, 5.41) is 0. The Bertz CT molecular complexity index is 492. The Hall–Kier alpha value is -0.100. The van der Waals surface area contributed by atoms with Crippen LogP contribution in [-0.4, -0.2) is 0 Å². The fourth-order valence-corrected chi connectivity index (χ4v) is 4.40. The standard InChI is InChI=1S/C11H11Br2NOS/c1-2-6-3-4-8(15-6)10(14)7-5-9(12)16-11(7)13/h3-5,10H,2,14H2,1H3. The van der Waals surface area contributed by atoms with E-state index in [1.807, 2.05) is 18.2 Å². The van der Waals surface area contributed by atoms with E-state index in [4.69, 9.17) is 10.2 Å². The predicted octanol–water partition coefficient (Wildman–Crippen LogP) is 4.48. The summed E-state index contributed by atoms with van der Waals surface area (Å²) in [7, 11) is 0. The van der Waals surface area contributed by atoms with E-state index in [1.165, 1.54) is 0 Å². The highest BCUT2D eigenvalue weighted by atomic mass is 79.9. The van der Waals surface area contributed by atoms with Gasteiger partial charge in [-0.15, -0.1) is 11.3 Å². The molecule has 0 aliphatic carbocycles. The van der Waals surface area contributed by atoms with E-state index in [-0.39, 0.29) is 6.04 Å². The van der Waals surface area contributed by atoms with Crippen molar-refractivity contribution >= 4 is 43.2 Å². The molecule has 2 N–H and O–H groups in total. The van der Waals surface area contributed by atoms with Crippen LogP contribution in [0.1, 0.15) is 30.0 Å². The highest BCUT2D eigenvalue weighted by Gasteiger charge is 2.18. The molecule has 0 saturated heterocycles. The Balaban J connectivity index is 2.31. The molecule has 0 spiro atoms. The molecule has 2 aromatic heterocycles. The molecule has 0 fully saturated rings. The zero-order chi connectivity index (χ0) is 11.7. The molecule has 2 nitrogen and oxygen atoms in total. The Labute approximate surface area is 115 Å². The molecule has 0 bridgehead atoms. The molecular formula is C11H11Br2NOS. The number of furan rings is 1. The van der Waals surface area contributed by atoms with Crippen LogP contribution in [0.2, 0.25) is 0 Å². The van der Waals surface area contributed by atoms with Gasteiger partial charge in [0.1, 0.15) is 11.5 Å². The zero-order valence-electron chi connectivity index (χ0n) is 8.67. The van der Waals surface area contributed by atoms with E-state index in [0.29, 0.717) is 0 Å². The highest BCUT2D eigenvalue weighted by molar-refractivity contribution is 9.12. The second kappa shape index (κ2) is 5.04. The maximum Gasteiger partial charge on any atom is 0.125 e. The second-order valence-electron chi connectivity index (χ2n) is 3.41. The molecule has 0 aliphatic heterocycles. The SMILES string of the molecule is CCc1ccc(C(N)c2cc(Br)sc2Br)o1. The third-order valence-electron chi connectivity index (χ3n) is 2.36. The minimum atomic E-state index is -0.211. The summed E-state index contributed by atoms with van der Waals surface area (Å²) in [5.74, 6) is 1.78. The second-order valence-corrected chi connectivity index (χ2v) is 7.16. The van der Waals surface area contributed by atoms with E-state index in [2.05, 4.69) is 38.8 Å². The van der Waals surface area contributed by atoms with Crippen LogP contribution in [0, 0.1) is 0 Å². The van der Waals surface area contributed by atoms with Gasteiger partial charge in [0.15, 0.2) is 0 Å². The monoisotopic (exact) mass is 363 g/mol. The quantitative estimate of drug-likeness (QED) is 0.872. The van der Waals surface area contributed by atoms with Crippen molar-refractivity contribution in [3.63, 3.8) is 0 Å². The molecule has 2 aromatic rings. The van der Waals surface area contributed by atoms with Gasteiger partial charge in [0.25, 0.3) is 0 Å². The van der Waals surface area contributed by atoms with Crippen molar-refractivity contribution in [2.75, 3.05) is 0 Å². The third-order valence-corrected chi connectivity index (χ3v) is 4.74. The summed E-state index contributed by atoms with van der Waals surface area (Å²) in [5.41, 5.74) is 7.21. The largest absolute Gasteiger partial charge is 0.464 e. The summed E-state index contributed by atoms with van der Waals surface area (Å²) >= 11 is 8.57. The fourth-order valence-electron chi connectivity index (χ4n) is 1.47. The minimum absolute atomic E-state index is 0.211. The molecule has 1 unspecified atom stereocenters. The molecule has 0 aliphatic rings. The number of rotatable bonds is 3. The minimum Gasteiger partial charge on any atom is -0.464 e. The Kier molecular flexibility index (Phi) is 3.89. The maximum atomic E-state index is 6.16. The first-order valence-corrected chi connectivity index (χ1v) is 7.31. The number of halogens is 2. The Morgan fingerprint density at radius 1 is 1.44 bits per heavy atom. The molecule has 1 atom stereocenters. The average molecular weight is 365 g/mol. The van der Waals surface area contributed by atoms with Gasteiger partial charge >= 0.3 is 0 Å². The summed E-state index contributed by atoms with van der Waals surface area (Å²) in [6, 6.07) is 5.73. The first-order valence-electron chi connectivity index (χ1n) is 4.90. The van der Waals surface area contributed by atoms with Gasteiger partial charge in [0.2, 0.25) is 0 Å². The molecule has 0 saturated carbocycles. The van der Waals surface area contributed by atoms with E-state index >= 15 is 0 Å². The third kappa shape index (κ3) is 2.42. The topological polar surface area (TPSA) is 39.2 Å². The van der Waals surface area contributed by atoms with Crippen LogP contribution in [-0.2, 0) is 6.42 Å². The van der Waals surface area contributed by atoms with Crippen LogP contribution in [0.25, 0.3) is 0 Å². The van der Waals surface area contributed by atoms with Crippen molar-refractivity contribution in [3.8, 4) is 0 Å². The van der Waals surface area contributed by atoms with Gasteiger partial charge in [-0.3, -0.25) is 0 Å². The molecule has 5 heteroatoms. The normalized spacial score (nSPS) is 13.0. The van der Waals surface area contributed by atoms with Crippen molar-refractivity contribution in [3.05, 3.63) is 42.9 Å². The molecule has 2 heterocycles. The summed E-state index contributed by atoms with van der Waals surface area (Å²) in [6.07, 6.45) is 0.890. The van der Waals surface area contributed by atoms with Crippen LogP contribution >= 0.6 is 43.2 Å². The lowest BCUT2D eigenvalue weighted by Gasteiger charge is -2.07. The van der Waals surface area contributed by atoms with Crippen LogP contribution in [0.3, 0.4) is 0 Å². The van der Waals surface area contributed by atoms with Crippen LogP contribution in [0.4, 0.5) is 0 Å². The van der Waals surface area contributed by atoms with Gasteiger partial charge in [-0.25, -0.2) is 0 Å². The summed E-state index contributed by atoms with van der Waals surface area (Å²) in [4.78, 5) is 0. The van der Waals surface area contributed by atoms with Crippen LogP contribution in [0.5, 0.6) is 0 Å². The Morgan fingerprint density at radius 3 is 2.69 bits per heavy atom. The average Bonchev–Trinajstić information content (AvgIpc) is 2.84. The van der Waals surface area contributed by atoms with Crippen molar-refractivity contribution < 1.29 is 4.42 Å². The molecule has 0 aromatic carbocycles. The zero-order valence-corrected chi connectivity index (χ0v) is 12.7. The van der Waals surface area contributed by atoms with Gasteiger partial charge in [0.05, 0.1) is 13.6 Å². The van der Waals surface area contributed by atoms with Crippen molar-refractivity contribution in [1.82, 2.24) is 0 Å². The first kappa shape index (κ1) is 12.4. The van der Waals surface area contributed by atoms with Gasteiger partial charge in [-0.1, -0.05) is 6.92 Å². The molecule has 86 valence electrons. The molecular weight excluding hydrogens is 354 g/mol. The number of hydrogen-bond acceptors (Lipinski definition) is 3. The van der Waals surface area contributed by atoms with Gasteiger partial charge in [0, 0.05) is 12.0 Å². The number of thiophene rings is 1. The van der Waals surface area contributed by atoms with Crippen molar-refractivity contribution in [2.45, 2.75) is 19.4 Å². The summed E-state index contributed by atoms with van der Waals surface area (Å²) < 4.78 is 7.76. The van der Waals surface area contributed by atoms with Gasteiger partial charge in [-0.2, -0.15) is 0 Å². The maximum absolute atomic E-state index is 6.16. The van der Waals surface area contributed by atoms with Gasteiger partial charge < -0.3 is 10.2 Å². The van der Waals surface area contributed by atoms with Crippen LogP contribution < -0.4 is 5.73 Å². The number of aryl methyl sites for hydroxylation is 1. The number of nitrogens with two attached hydrogens (primary N) is 1. The van der Waals surface area contributed by atoms with E-state index in [9.17, 15) is 0 Å². The van der Waals surface area contributed by atoms with E-state index in [0.717, 1.165) is 31.1 Å². The van der Waals surface area contributed by atoms with E-state index < -0.39 is 0 Å². The lowest BCUT2D eigenvalue weighted by atomic mass is 10.1. The lowest BCUT2D eigenvalue weighted by molar-refractivity contribution is 0.454.